The largest absolute Gasteiger partial charge is 0.309 e. The molecule has 2 aromatic heterocycles. The normalized spacial score (nSPS) is 12.8. The molecule has 0 aliphatic carbocycles. The maximum absolute atomic E-state index is 4.52. The number of hydrogen-bond acceptors (Lipinski definition) is 4. The zero-order chi connectivity index (χ0) is 13.7. The smallest absolute Gasteiger partial charge is 0.0794 e. The van der Waals surface area contributed by atoms with Gasteiger partial charge in [-0.25, -0.2) is 0 Å². The lowest BCUT2D eigenvalue weighted by molar-refractivity contribution is 0.508. The standard InChI is InChI=1S/C14H22N4S/c1-4-6-16-13(14-9-15-10-19-14)8-12-7-11(3)17-18(12)5-2/h7,9-10,13,16H,4-6,8H2,1-3H3. The summed E-state index contributed by atoms with van der Waals surface area (Å²) in [6.07, 6.45) is 4.08. The molecular weight excluding hydrogens is 256 g/mol. The SMILES string of the molecule is CCCNC(Cc1cc(C)nn1CC)c1cncs1. The van der Waals surface area contributed by atoms with Gasteiger partial charge in [0.05, 0.1) is 11.2 Å². The first kappa shape index (κ1) is 14.2. The molecule has 0 saturated heterocycles. The minimum atomic E-state index is 0.342. The van der Waals surface area contributed by atoms with Gasteiger partial charge in [0, 0.05) is 35.8 Å². The van der Waals surface area contributed by atoms with Crippen molar-refractivity contribution < 1.29 is 0 Å². The van der Waals surface area contributed by atoms with E-state index in [9.17, 15) is 0 Å². The summed E-state index contributed by atoms with van der Waals surface area (Å²) in [5.41, 5.74) is 4.29. The van der Waals surface area contributed by atoms with Gasteiger partial charge in [-0.05, 0) is 32.9 Å². The number of rotatable bonds is 7. The fourth-order valence-electron chi connectivity index (χ4n) is 2.24. The van der Waals surface area contributed by atoms with Crippen molar-refractivity contribution in [2.24, 2.45) is 0 Å². The minimum Gasteiger partial charge on any atom is -0.309 e. The van der Waals surface area contributed by atoms with Gasteiger partial charge in [-0.1, -0.05) is 6.92 Å². The molecule has 1 N–H and O–H groups in total. The van der Waals surface area contributed by atoms with Crippen LogP contribution in [0.3, 0.4) is 0 Å². The van der Waals surface area contributed by atoms with Crippen LogP contribution in [0.1, 0.15) is 42.6 Å². The van der Waals surface area contributed by atoms with Crippen molar-refractivity contribution in [1.29, 1.82) is 0 Å². The van der Waals surface area contributed by atoms with Crippen LogP contribution in [0.4, 0.5) is 0 Å². The van der Waals surface area contributed by atoms with Gasteiger partial charge in [0.15, 0.2) is 0 Å². The van der Waals surface area contributed by atoms with Gasteiger partial charge in [0.2, 0.25) is 0 Å². The van der Waals surface area contributed by atoms with E-state index < -0.39 is 0 Å². The summed E-state index contributed by atoms with van der Waals surface area (Å²) in [5.74, 6) is 0. The van der Waals surface area contributed by atoms with E-state index in [4.69, 9.17) is 0 Å². The van der Waals surface area contributed by atoms with Crippen LogP contribution in [0.5, 0.6) is 0 Å². The summed E-state index contributed by atoms with van der Waals surface area (Å²) >= 11 is 1.72. The van der Waals surface area contributed by atoms with Gasteiger partial charge in [0.1, 0.15) is 0 Å². The van der Waals surface area contributed by atoms with Crippen molar-refractivity contribution in [3.63, 3.8) is 0 Å². The molecule has 5 heteroatoms. The fraction of sp³-hybridized carbons (Fsp3) is 0.571. The molecule has 2 rings (SSSR count). The number of nitrogens with zero attached hydrogens (tertiary/aromatic N) is 3. The first-order valence-electron chi connectivity index (χ1n) is 6.89. The lowest BCUT2D eigenvalue weighted by Crippen LogP contribution is -2.24. The molecule has 19 heavy (non-hydrogen) atoms. The van der Waals surface area contributed by atoms with Crippen LogP contribution in [0.25, 0.3) is 0 Å². The quantitative estimate of drug-likeness (QED) is 0.846. The Morgan fingerprint density at radius 2 is 2.26 bits per heavy atom. The first-order valence-corrected chi connectivity index (χ1v) is 7.77. The molecule has 4 nitrogen and oxygen atoms in total. The van der Waals surface area contributed by atoms with Gasteiger partial charge in [0.25, 0.3) is 0 Å². The first-order chi connectivity index (χ1) is 9.24. The third-order valence-electron chi connectivity index (χ3n) is 3.13. The highest BCUT2D eigenvalue weighted by Gasteiger charge is 2.16. The maximum atomic E-state index is 4.52. The van der Waals surface area contributed by atoms with Crippen LogP contribution in [0.15, 0.2) is 17.8 Å². The van der Waals surface area contributed by atoms with E-state index in [2.05, 4.69) is 46.9 Å². The Labute approximate surface area is 118 Å². The highest BCUT2D eigenvalue weighted by molar-refractivity contribution is 7.09. The van der Waals surface area contributed by atoms with E-state index in [0.717, 1.165) is 31.6 Å². The molecule has 0 aromatic carbocycles. The lowest BCUT2D eigenvalue weighted by Gasteiger charge is -2.17. The van der Waals surface area contributed by atoms with Gasteiger partial charge in [-0.3, -0.25) is 9.67 Å². The van der Waals surface area contributed by atoms with Crippen molar-refractivity contribution in [3.05, 3.63) is 34.0 Å². The Morgan fingerprint density at radius 1 is 1.42 bits per heavy atom. The number of aryl methyl sites for hydroxylation is 2. The summed E-state index contributed by atoms with van der Waals surface area (Å²) in [4.78, 5) is 5.50. The molecule has 0 aliphatic heterocycles. The van der Waals surface area contributed by atoms with E-state index in [1.165, 1.54) is 10.6 Å². The second kappa shape index (κ2) is 6.82. The van der Waals surface area contributed by atoms with Crippen LogP contribution in [0, 0.1) is 6.92 Å². The van der Waals surface area contributed by atoms with Crippen LogP contribution in [0.2, 0.25) is 0 Å². The average molecular weight is 278 g/mol. The molecule has 0 radical (unpaired) electrons. The molecule has 2 heterocycles. The molecule has 0 bridgehead atoms. The summed E-state index contributed by atoms with van der Waals surface area (Å²) in [7, 11) is 0. The van der Waals surface area contributed by atoms with E-state index in [1.807, 2.05) is 11.7 Å². The molecule has 1 unspecified atom stereocenters. The Kier molecular flexibility index (Phi) is 5.10. The molecule has 0 fully saturated rings. The number of thiazole rings is 1. The Morgan fingerprint density at radius 3 is 2.89 bits per heavy atom. The molecular formula is C14H22N4S. The van der Waals surface area contributed by atoms with Crippen molar-refractivity contribution in [1.82, 2.24) is 20.1 Å². The summed E-state index contributed by atoms with van der Waals surface area (Å²) in [6.45, 7) is 8.33. The molecule has 0 saturated carbocycles. The van der Waals surface area contributed by atoms with Gasteiger partial charge in [-0.2, -0.15) is 5.10 Å². The fourth-order valence-corrected chi connectivity index (χ4v) is 2.93. The number of nitrogens with one attached hydrogen (secondary N) is 1. The van der Waals surface area contributed by atoms with Crippen LogP contribution in [-0.4, -0.2) is 21.3 Å². The third kappa shape index (κ3) is 3.64. The highest BCUT2D eigenvalue weighted by atomic mass is 32.1. The van der Waals surface area contributed by atoms with E-state index in [-0.39, 0.29) is 0 Å². The monoisotopic (exact) mass is 278 g/mol. The van der Waals surface area contributed by atoms with Crippen LogP contribution >= 0.6 is 11.3 Å². The van der Waals surface area contributed by atoms with E-state index >= 15 is 0 Å². The maximum Gasteiger partial charge on any atom is 0.0794 e. The predicted octanol–water partition coefficient (Wildman–Crippen LogP) is 2.95. The van der Waals surface area contributed by atoms with Crippen molar-refractivity contribution in [2.75, 3.05) is 6.54 Å². The van der Waals surface area contributed by atoms with Crippen LogP contribution in [-0.2, 0) is 13.0 Å². The van der Waals surface area contributed by atoms with Gasteiger partial charge >= 0.3 is 0 Å². The Hall–Kier alpha value is -1.20. The second-order valence-corrected chi connectivity index (χ2v) is 5.63. The minimum absolute atomic E-state index is 0.342. The molecule has 0 amide bonds. The van der Waals surface area contributed by atoms with E-state index in [0.29, 0.717) is 6.04 Å². The molecule has 0 spiro atoms. The van der Waals surface area contributed by atoms with Crippen LogP contribution < -0.4 is 5.32 Å². The predicted molar refractivity (Wildman–Crippen MR) is 79.5 cm³/mol. The molecule has 0 aliphatic rings. The second-order valence-electron chi connectivity index (χ2n) is 4.71. The van der Waals surface area contributed by atoms with Crippen molar-refractivity contribution >= 4 is 11.3 Å². The summed E-state index contributed by atoms with van der Waals surface area (Å²) in [6, 6.07) is 2.53. The molecule has 104 valence electrons. The zero-order valence-corrected chi connectivity index (χ0v) is 12.7. The van der Waals surface area contributed by atoms with Crippen molar-refractivity contribution in [2.45, 2.75) is 46.2 Å². The highest BCUT2D eigenvalue weighted by Crippen LogP contribution is 2.22. The van der Waals surface area contributed by atoms with Gasteiger partial charge < -0.3 is 5.32 Å². The lowest BCUT2D eigenvalue weighted by atomic mass is 10.1. The average Bonchev–Trinajstić information content (AvgIpc) is 3.03. The number of hydrogen-bond donors (Lipinski definition) is 1. The topological polar surface area (TPSA) is 42.7 Å². The molecule has 1 atom stereocenters. The van der Waals surface area contributed by atoms with Crippen molar-refractivity contribution in [3.8, 4) is 0 Å². The summed E-state index contributed by atoms with van der Waals surface area (Å²) < 4.78 is 2.09. The third-order valence-corrected chi connectivity index (χ3v) is 4.02. The zero-order valence-electron chi connectivity index (χ0n) is 11.9. The van der Waals surface area contributed by atoms with E-state index in [1.54, 1.807) is 11.3 Å². The molecule has 2 aromatic rings. The van der Waals surface area contributed by atoms with Gasteiger partial charge in [-0.15, -0.1) is 11.3 Å². The Balaban J connectivity index is 2.15. The Bertz CT molecular complexity index is 490. The number of aromatic nitrogens is 3. The summed E-state index contributed by atoms with van der Waals surface area (Å²) in [5, 5.41) is 8.13.